The summed E-state index contributed by atoms with van der Waals surface area (Å²) in [6.45, 7) is 5.06. The molecule has 0 bridgehead atoms. The van der Waals surface area contributed by atoms with Gasteiger partial charge >= 0.3 is 0 Å². The molecule has 114 valence electrons. The minimum atomic E-state index is -1.11. The van der Waals surface area contributed by atoms with Crippen LogP contribution in [0.1, 0.15) is 33.6 Å². The molecule has 0 aromatic heterocycles. The van der Waals surface area contributed by atoms with Crippen LogP contribution in [0, 0.1) is 11.6 Å². The zero-order valence-electron chi connectivity index (χ0n) is 12.2. The third-order valence-corrected chi connectivity index (χ3v) is 3.97. The van der Waals surface area contributed by atoms with Crippen LogP contribution in [0.15, 0.2) is 18.2 Å². The van der Waals surface area contributed by atoms with E-state index in [-0.39, 0.29) is 11.6 Å². The van der Waals surface area contributed by atoms with E-state index in [1.165, 1.54) is 0 Å². The molecule has 1 aromatic carbocycles. The second-order valence-corrected chi connectivity index (χ2v) is 5.37. The lowest BCUT2D eigenvalue weighted by atomic mass is 9.90. The fourth-order valence-corrected chi connectivity index (χ4v) is 2.49. The van der Waals surface area contributed by atoms with Gasteiger partial charge in [0.15, 0.2) is 0 Å². The van der Waals surface area contributed by atoms with Gasteiger partial charge < -0.3 is 5.32 Å². The molecule has 1 aliphatic rings. The Morgan fingerprint density at radius 2 is 1.95 bits per heavy atom. The number of benzene rings is 1. The summed E-state index contributed by atoms with van der Waals surface area (Å²) in [6, 6.07) is 2.05. The fraction of sp³-hybridized carbons (Fsp3) is 0.467. The van der Waals surface area contributed by atoms with Crippen LogP contribution in [-0.4, -0.2) is 23.4 Å². The average molecular weight is 296 g/mol. The molecule has 0 aliphatic carbocycles. The lowest BCUT2D eigenvalue weighted by molar-refractivity contribution is -0.138. The van der Waals surface area contributed by atoms with Crippen LogP contribution >= 0.6 is 0 Å². The highest BCUT2D eigenvalue weighted by Crippen LogP contribution is 2.30. The van der Waals surface area contributed by atoms with Crippen LogP contribution < -0.4 is 10.2 Å². The van der Waals surface area contributed by atoms with Gasteiger partial charge in [-0.05, 0) is 31.9 Å². The van der Waals surface area contributed by atoms with Crippen molar-refractivity contribution in [2.24, 2.45) is 0 Å². The molecular weight excluding hydrogens is 278 g/mol. The smallest absolute Gasteiger partial charge is 0.253 e. The lowest BCUT2D eigenvalue weighted by Crippen LogP contribution is -2.69. The van der Waals surface area contributed by atoms with Crippen LogP contribution in [0.25, 0.3) is 0 Å². The van der Waals surface area contributed by atoms with E-state index in [0.29, 0.717) is 12.8 Å². The maximum atomic E-state index is 14.0. The van der Waals surface area contributed by atoms with Gasteiger partial charge in [-0.3, -0.25) is 14.5 Å². The van der Waals surface area contributed by atoms with Crippen LogP contribution in [0.3, 0.4) is 0 Å². The molecule has 2 unspecified atom stereocenters. The molecule has 0 spiro atoms. The Bertz CT molecular complexity index is 591. The number of halogens is 2. The first-order chi connectivity index (χ1) is 9.84. The summed E-state index contributed by atoms with van der Waals surface area (Å²) >= 11 is 0. The van der Waals surface area contributed by atoms with E-state index < -0.39 is 29.1 Å². The molecule has 2 rings (SSSR count). The van der Waals surface area contributed by atoms with Crippen molar-refractivity contribution in [2.75, 3.05) is 4.90 Å². The molecule has 1 aliphatic heterocycles. The number of piperazine rings is 1. The molecule has 1 fully saturated rings. The molecule has 1 saturated heterocycles. The molecule has 4 nitrogen and oxygen atoms in total. The normalized spacial score (nSPS) is 26.0. The van der Waals surface area contributed by atoms with E-state index in [0.717, 1.165) is 23.1 Å². The lowest BCUT2D eigenvalue weighted by Gasteiger charge is -2.43. The van der Waals surface area contributed by atoms with E-state index in [1.54, 1.807) is 20.8 Å². The van der Waals surface area contributed by atoms with Crippen molar-refractivity contribution in [1.82, 2.24) is 5.32 Å². The summed E-state index contributed by atoms with van der Waals surface area (Å²) in [5.41, 5.74) is -1.30. The Morgan fingerprint density at radius 1 is 1.29 bits per heavy atom. The Labute approximate surface area is 122 Å². The first-order valence-corrected chi connectivity index (χ1v) is 6.94. The van der Waals surface area contributed by atoms with Crippen LogP contribution in [-0.2, 0) is 9.59 Å². The van der Waals surface area contributed by atoms with Gasteiger partial charge in [0.2, 0.25) is 5.91 Å². The topological polar surface area (TPSA) is 49.4 Å². The Morgan fingerprint density at radius 3 is 2.52 bits per heavy atom. The van der Waals surface area contributed by atoms with E-state index >= 15 is 0 Å². The second-order valence-electron chi connectivity index (χ2n) is 5.37. The summed E-state index contributed by atoms with van der Waals surface area (Å²) in [6.07, 6.45) is 0.675. The molecular formula is C15H18F2N2O2. The molecule has 1 N–H and O–H groups in total. The largest absolute Gasteiger partial charge is 0.340 e. The fourth-order valence-electron chi connectivity index (χ4n) is 2.49. The van der Waals surface area contributed by atoms with Crippen molar-refractivity contribution in [2.45, 2.75) is 45.2 Å². The van der Waals surface area contributed by atoms with E-state index in [4.69, 9.17) is 0 Å². The molecule has 2 atom stereocenters. The second kappa shape index (κ2) is 5.42. The van der Waals surface area contributed by atoms with Crippen molar-refractivity contribution in [3.8, 4) is 0 Å². The Balaban J connectivity index is 2.57. The molecule has 2 amide bonds. The zero-order chi connectivity index (χ0) is 15.8. The summed E-state index contributed by atoms with van der Waals surface area (Å²) in [7, 11) is 0. The number of carbonyl (C=O) groups excluding carboxylic acids is 2. The van der Waals surface area contributed by atoms with E-state index in [2.05, 4.69) is 5.32 Å². The number of amides is 2. The third-order valence-electron chi connectivity index (χ3n) is 3.97. The number of rotatable bonds is 3. The summed E-state index contributed by atoms with van der Waals surface area (Å²) in [5.74, 6) is -2.17. The minimum Gasteiger partial charge on any atom is -0.340 e. The van der Waals surface area contributed by atoms with Gasteiger partial charge in [0, 0.05) is 6.07 Å². The van der Waals surface area contributed by atoms with Gasteiger partial charge in [0.05, 0.1) is 5.69 Å². The Hall–Kier alpha value is -1.98. The Kier molecular flexibility index (Phi) is 3.98. The first kappa shape index (κ1) is 15.4. The highest BCUT2D eigenvalue weighted by atomic mass is 19.1. The number of hydrogen-bond donors (Lipinski definition) is 1. The predicted octanol–water partition coefficient (Wildman–Crippen LogP) is 2.37. The van der Waals surface area contributed by atoms with Crippen molar-refractivity contribution in [1.29, 1.82) is 0 Å². The van der Waals surface area contributed by atoms with Gasteiger partial charge in [0.1, 0.15) is 23.2 Å². The standard InChI is InChI=1S/C15H18F2N2O2/c1-4-11-13(20)18-15(3,5-2)14(21)19(11)12-8-9(16)6-7-10(12)17/h6-8,11H,4-5H2,1-3H3,(H,18,20). The molecule has 0 radical (unpaired) electrons. The first-order valence-electron chi connectivity index (χ1n) is 6.94. The van der Waals surface area contributed by atoms with Gasteiger partial charge in [-0.25, -0.2) is 8.78 Å². The van der Waals surface area contributed by atoms with E-state index in [9.17, 15) is 18.4 Å². The van der Waals surface area contributed by atoms with E-state index in [1.807, 2.05) is 0 Å². The SMILES string of the molecule is CCC1C(=O)NC(C)(CC)C(=O)N1c1cc(F)ccc1F. The number of nitrogens with zero attached hydrogens (tertiary/aromatic N) is 1. The summed E-state index contributed by atoms with van der Waals surface area (Å²) < 4.78 is 27.5. The third kappa shape index (κ3) is 2.50. The highest BCUT2D eigenvalue weighted by molar-refractivity contribution is 6.10. The minimum absolute atomic E-state index is 0.193. The highest BCUT2D eigenvalue weighted by Gasteiger charge is 2.47. The summed E-state index contributed by atoms with van der Waals surface area (Å²) in [5, 5.41) is 2.68. The monoisotopic (exact) mass is 296 g/mol. The van der Waals surface area contributed by atoms with Crippen molar-refractivity contribution in [3.63, 3.8) is 0 Å². The predicted molar refractivity (Wildman–Crippen MR) is 74.8 cm³/mol. The molecule has 1 heterocycles. The summed E-state index contributed by atoms with van der Waals surface area (Å²) in [4.78, 5) is 26.0. The quantitative estimate of drug-likeness (QED) is 0.931. The number of nitrogens with one attached hydrogen (secondary N) is 1. The van der Waals surface area contributed by atoms with Crippen LogP contribution in [0.2, 0.25) is 0 Å². The van der Waals surface area contributed by atoms with Gasteiger partial charge in [0.25, 0.3) is 5.91 Å². The average Bonchev–Trinajstić information content (AvgIpc) is 2.45. The van der Waals surface area contributed by atoms with Gasteiger partial charge in [-0.1, -0.05) is 13.8 Å². The van der Waals surface area contributed by atoms with Crippen LogP contribution in [0.5, 0.6) is 0 Å². The molecule has 21 heavy (non-hydrogen) atoms. The number of anilines is 1. The van der Waals surface area contributed by atoms with Crippen molar-refractivity contribution in [3.05, 3.63) is 29.8 Å². The molecule has 0 saturated carbocycles. The van der Waals surface area contributed by atoms with Gasteiger partial charge in [-0.2, -0.15) is 0 Å². The maximum Gasteiger partial charge on any atom is 0.253 e. The van der Waals surface area contributed by atoms with Crippen molar-refractivity contribution >= 4 is 17.5 Å². The zero-order valence-corrected chi connectivity index (χ0v) is 12.2. The maximum absolute atomic E-state index is 14.0. The number of hydrogen-bond acceptors (Lipinski definition) is 2. The molecule has 1 aromatic rings. The van der Waals surface area contributed by atoms with Crippen LogP contribution in [0.4, 0.5) is 14.5 Å². The van der Waals surface area contributed by atoms with Gasteiger partial charge in [-0.15, -0.1) is 0 Å². The molecule has 6 heteroatoms. The van der Waals surface area contributed by atoms with Crippen molar-refractivity contribution < 1.29 is 18.4 Å². The number of carbonyl (C=O) groups is 2.